The molecule has 6 heteroatoms. The third-order valence-electron chi connectivity index (χ3n) is 2.89. The number of aliphatic hydroxyl groups excluding tert-OH is 1. The lowest BCUT2D eigenvalue weighted by Gasteiger charge is -2.10. The van der Waals surface area contributed by atoms with Gasteiger partial charge in [0.05, 0.1) is 19.8 Å². The highest BCUT2D eigenvalue weighted by Crippen LogP contribution is 2.15. The molecular weight excluding hydrogens is 268 g/mol. The van der Waals surface area contributed by atoms with Gasteiger partial charge in [0.15, 0.2) is 5.96 Å². The molecule has 1 unspecified atom stereocenters. The number of ether oxygens (including phenoxy) is 1. The number of pyridine rings is 1. The van der Waals surface area contributed by atoms with Gasteiger partial charge >= 0.3 is 0 Å². The molecule has 1 atom stereocenters. The first-order valence-corrected chi connectivity index (χ1v) is 6.48. The van der Waals surface area contributed by atoms with Crippen molar-refractivity contribution in [2.75, 3.05) is 19.0 Å². The zero-order chi connectivity index (χ0) is 15.1. The largest absolute Gasteiger partial charge is 0.497 e. The Balaban J connectivity index is 1.91. The average molecular weight is 286 g/mol. The van der Waals surface area contributed by atoms with Crippen LogP contribution in [-0.2, 0) is 0 Å². The third-order valence-corrected chi connectivity index (χ3v) is 2.89. The lowest BCUT2D eigenvalue weighted by Crippen LogP contribution is -2.23. The fourth-order valence-electron chi connectivity index (χ4n) is 1.74. The first-order chi connectivity index (χ1) is 10.2. The molecule has 1 aromatic heterocycles. The van der Waals surface area contributed by atoms with Crippen molar-refractivity contribution >= 4 is 11.6 Å². The van der Waals surface area contributed by atoms with Gasteiger partial charge in [-0.05, 0) is 42.0 Å². The van der Waals surface area contributed by atoms with Crippen LogP contribution in [0, 0.1) is 0 Å². The number of methoxy groups -OCH3 is 1. The molecule has 0 aliphatic heterocycles. The van der Waals surface area contributed by atoms with Gasteiger partial charge in [0.25, 0.3) is 0 Å². The molecule has 0 aliphatic carbocycles. The number of nitrogens with one attached hydrogen (secondary N) is 1. The SMILES string of the molecule is COc1ccc(NC(N)=NCC(O)c2ccncc2)cc1. The van der Waals surface area contributed by atoms with E-state index < -0.39 is 6.10 Å². The zero-order valence-corrected chi connectivity index (χ0v) is 11.7. The van der Waals surface area contributed by atoms with Crippen LogP contribution in [0.2, 0.25) is 0 Å². The van der Waals surface area contributed by atoms with E-state index in [1.807, 2.05) is 24.3 Å². The molecule has 21 heavy (non-hydrogen) atoms. The molecular formula is C15H18N4O2. The molecule has 0 fully saturated rings. The van der Waals surface area contributed by atoms with Crippen LogP contribution < -0.4 is 15.8 Å². The number of aromatic nitrogens is 1. The highest BCUT2D eigenvalue weighted by Gasteiger charge is 2.06. The number of aliphatic imine (C=N–C) groups is 1. The van der Waals surface area contributed by atoms with E-state index in [9.17, 15) is 5.11 Å². The third kappa shape index (κ3) is 4.47. The summed E-state index contributed by atoms with van der Waals surface area (Å²) in [5, 5.41) is 12.9. The molecule has 1 aromatic carbocycles. The van der Waals surface area contributed by atoms with Crippen molar-refractivity contribution in [2.24, 2.45) is 10.7 Å². The summed E-state index contributed by atoms with van der Waals surface area (Å²) >= 11 is 0. The fourth-order valence-corrected chi connectivity index (χ4v) is 1.74. The number of hydrogen-bond acceptors (Lipinski definition) is 4. The van der Waals surface area contributed by atoms with E-state index in [1.165, 1.54) is 0 Å². The number of benzene rings is 1. The Morgan fingerprint density at radius 1 is 1.29 bits per heavy atom. The summed E-state index contributed by atoms with van der Waals surface area (Å²) in [4.78, 5) is 8.02. The smallest absolute Gasteiger partial charge is 0.193 e. The Bertz CT molecular complexity index is 584. The van der Waals surface area contributed by atoms with Gasteiger partial charge in [0.2, 0.25) is 0 Å². The predicted octanol–water partition coefficient (Wildman–Crippen LogP) is 1.55. The van der Waals surface area contributed by atoms with E-state index in [2.05, 4.69) is 15.3 Å². The lowest BCUT2D eigenvalue weighted by molar-refractivity contribution is 0.187. The lowest BCUT2D eigenvalue weighted by atomic mass is 10.1. The summed E-state index contributed by atoms with van der Waals surface area (Å²) in [5.74, 6) is 1.01. The Morgan fingerprint density at radius 3 is 2.57 bits per heavy atom. The maximum atomic E-state index is 9.97. The highest BCUT2D eigenvalue weighted by atomic mass is 16.5. The summed E-state index contributed by atoms with van der Waals surface area (Å²) in [5.41, 5.74) is 7.34. The average Bonchev–Trinajstić information content (AvgIpc) is 2.54. The first kappa shape index (κ1) is 14.8. The predicted molar refractivity (Wildman–Crippen MR) is 82.3 cm³/mol. The Labute approximate surface area is 123 Å². The molecule has 6 nitrogen and oxygen atoms in total. The molecule has 1 heterocycles. The standard InChI is InChI=1S/C15H18N4O2/c1-21-13-4-2-12(3-5-13)19-15(16)18-10-14(20)11-6-8-17-9-7-11/h2-9,14,20H,10H2,1H3,(H3,16,18,19). The monoisotopic (exact) mass is 286 g/mol. The number of aliphatic hydroxyl groups is 1. The van der Waals surface area contributed by atoms with Crippen LogP contribution in [0.25, 0.3) is 0 Å². The molecule has 4 N–H and O–H groups in total. The Morgan fingerprint density at radius 2 is 1.95 bits per heavy atom. The van der Waals surface area contributed by atoms with Crippen LogP contribution in [0.5, 0.6) is 5.75 Å². The van der Waals surface area contributed by atoms with E-state index in [1.54, 1.807) is 31.6 Å². The molecule has 0 aliphatic rings. The highest BCUT2D eigenvalue weighted by molar-refractivity contribution is 5.92. The maximum Gasteiger partial charge on any atom is 0.193 e. The maximum absolute atomic E-state index is 9.97. The molecule has 110 valence electrons. The summed E-state index contributed by atoms with van der Waals surface area (Å²) in [6.07, 6.45) is 2.55. The Kier molecular flexibility index (Phi) is 5.11. The van der Waals surface area contributed by atoms with E-state index >= 15 is 0 Å². The van der Waals surface area contributed by atoms with Crippen LogP contribution in [-0.4, -0.2) is 29.7 Å². The molecule has 0 saturated carbocycles. The summed E-state index contributed by atoms with van der Waals surface area (Å²) in [6, 6.07) is 10.8. The first-order valence-electron chi connectivity index (χ1n) is 6.48. The molecule has 0 radical (unpaired) electrons. The second-order valence-electron chi connectivity index (χ2n) is 4.38. The van der Waals surface area contributed by atoms with Gasteiger partial charge in [0, 0.05) is 18.1 Å². The topological polar surface area (TPSA) is 92.8 Å². The zero-order valence-electron chi connectivity index (χ0n) is 11.7. The van der Waals surface area contributed by atoms with Crippen molar-refractivity contribution < 1.29 is 9.84 Å². The number of guanidine groups is 1. The van der Waals surface area contributed by atoms with Crippen LogP contribution >= 0.6 is 0 Å². The second kappa shape index (κ2) is 7.25. The van der Waals surface area contributed by atoms with Crippen LogP contribution in [0.1, 0.15) is 11.7 Å². The van der Waals surface area contributed by atoms with Crippen molar-refractivity contribution in [3.8, 4) is 5.75 Å². The fraction of sp³-hybridized carbons (Fsp3) is 0.200. The number of nitrogens with zero attached hydrogens (tertiary/aromatic N) is 2. The quantitative estimate of drug-likeness (QED) is 0.573. The van der Waals surface area contributed by atoms with E-state index in [4.69, 9.17) is 10.5 Å². The van der Waals surface area contributed by atoms with Crippen LogP contribution in [0.3, 0.4) is 0 Å². The summed E-state index contributed by atoms with van der Waals surface area (Å²) < 4.78 is 5.07. The van der Waals surface area contributed by atoms with Gasteiger partial charge in [-0.1, -0.05) is 0 Å². The molecule has 0 saturated heterocycles. The normalized spacial score (nSPS) is 12.8. The molecule has 0 amide bonds. The van der Waals surface area contributed by atoms with Crippen LogP contribution in [0.4, 0.5) is 5.69 Å². The van der Waals surface area contributed by atoms with Crippen molar-refractivity contribution in [2.45, 2.75) is 6.10 Å². The van der Waals surface area contributed by atoms with Gasteiger partial charge in [-0.15, -0.1) is 0 Å². The van der Waals surface area contributed by atoms with Crippen LogP contribution in [0.15, 0.2) is 53.8 Å². The molecule has 0 spiro atoms. The van der Waals surface area contributed by atoms with Gasteiger partial charge in [-0.25, -0.2) is 0 Å². The van der Waals surface area contributed by atoms with Gasteiger partial charge in [0.1, 0.15) is 5.75 Å². The number of nitrogens with two attached hydrogens (primary N) is 1. The summed E-state index contributed by atoms with van der Waals surface area (Å²) in [6.45, 7) is 0.180. The molecule has 2 aromatic rings. The molecule has 0 bridgehead atoms. The van der Waals surface area contributed by atoms with Crippen molar-refractivity contribution in [3.05, 3.63) is 54.4 Å². The van der Waals surface area contributed by atoms with E-state index in [0.29, 0.717) is 0 Å². The minimum atomic E-state index is -0.704. The number of anilines is 1. The second-order valence-corrected chi connectivity index (χ2v) is 4.38. The Hall–Kier alpha value is -2.60. The number of rotatable bonds is 5. The van der Waals surface area contributed by atoms with Crippen molar-refractivity contribution in [1.29, 1.82) is 0 Å². The van der Waals surface area contributed by atoms with Gasteiger partial charge in [-0.2, -0.15) is 0 Å². The van der Waals surface area contributed by atoms with E-state index in [-0.39, 0.29) is 12.5 Å². The minimum Gasteiger partial charge on any atom is -0.497 e. The number of hydrogen-bond donors (Lipinski definition) is 3. The van der Waals surface area contributed by atoms with E-state index in [0.717, 1.165) is 17.0 Å². The minimum absolute atomic E-state index is 0.180. The van der Waals surface area contributed by atoms with Gasteiger partial charge in [-0.3, -0.25) is 9.98 Å². The summed E-state index contributed by atoms with van der Waals surface area (Å²) in [7, 11) is 1.61. The van der Waals surface area contributed by atoms with Gasteiger partial charge < -0.3 is 20.9 Å². The van der Waals surface area contributed by atoms with Crippen molar-refractivity contribution in [1.82, 2.24) is 4.98 Å². The molecule has 2 rings (SSSR count). The van der Waals surface area contributed by atoms with Crippen molar-refractivity contribution in [3.63, 3.8) is 0 Å².